The van der Waals surface area contributed by atoms with Gasteiger partial charge in [-0.25, -0.2) is 14.4 Å². The molecule has 0 bridgehead atoms. The lowest BCUT2D eigenvalue weighted by atomic mass is 10.3. The molecule has 0 saturated heterocycles. The zero-order valence-corrected chi connectivity index (χ0v) is 10.2. The van der Waals surface area contributed by atoms with Crippen molar-refractivity contribution in [3.63, 3.8) is 0 Å². The lowest BCUT2D eigenvalue weighted by Gasteiger charge is -2.05. The predicted octanol–water partition coefficient (Wildman–Crippen LogP) is 3.82. The first-order valence-corrected chi connectivity index (χ1v) is 5.43. The maximum Gasteiger partial charge on any atom is 0.322 e. The topological polar surface area (TPSA) is 35.0 Å². The minimum Gasteiger partial charge on any atom is -0.423 e. The Hall–Kier alpha value is -1.20. The molecular formula is C10H5BrClFN2O. The van der Waals surface area contributed by atoms with Crippen molar-refractivity contribution < 1.29 is 9.13 Å². The van der Waals surface area contributed by atoms with E-state index in [9.17, 15) is 4.39 Å². The van der Waals surface area contributed by atoms with Crippen molar-refractivity contribution in [3.8, 4) is 11.8 Å². The second-order valence-corrected chi connectivity index (χ2v) is 4.18. The van der Waals surface area contributed by atoms with Crippen LogP contribution in [0.5, 0.6) is 11.8 Å². The summed E-state index contributed by atoms with van der Waals surface area (Å²) in [5.41, 5.74) is 0. The van der Waals surface area contributed by atoms with Gasteiger partial charge < -0.3 is 4.74 Å². The number of benzene rings is 1. The molecule has 16 heavy (non-hydrogen) atoms. The van der Waals surface area contributed by atoms with Gasteiger partial charge in [-0.3, -0.25) is 0 Å². The van der Waals surface area contributed by atoms with E-state index in [1.165, 1.54) is 0 Å². The van der Waals surface area contributed by atoms with E-state index in [4.69, 9.17) is 16.3 Å². The molecule has 6 heteroatoms. The Kier molecular flexibility index (Phi) is 3.36. The fourth-order valence-corrected chi connectivity index (χ4v) is 1.50. The molecule has 0 spiro atoms. The van der Waals surface area contributed by atoms with Crippen LogP contribution in [0.2, 0.25) is 5.02 Å². The van der Waals surface area contributed by atoms with Crippen LogP contribution in [0.1, 0.15) is 0 Å². The molecule has 0 saturated carbocycles. The maximum atomic E-state index is 12.6. The van der Waals surface area contributed by atoms with Gasteiger partial charge in [0, 0.05) is 4.47 Å². The third-order valence-electron chi connectivity index (χ3n) is 1.69. The Balaban J connectivity index is 2.26. The van der Waals surface area contributed by atoms with Crippen LogP contribution >= 0.6 is 27.5 Å². The Bertz CT molecular complexity index is 507. The van der Waals surface area contributed by atoms with Crippen molar-refractivity contribution in [2.45, 2.75) is 0 Å². The van der Waals surface area contributed by atoms with Crippen LogP contribution in [0.3, 0.4) is 0 Å². The molecule has 0 aliphatic heterocycles. The highest BCUT2D eigenvalue weighted by molar-refractivity contribution is 9.10. The minimum absolute atomic E-state index is 0.0430. The van der Waals surface area contributed by atoms with Gasteiger partial charge in [0.2, 0.25) is 0 Å². The van der Waals surface area contributed by atoms with Gasteiger partial charge in [-0.2, -0.15) is 0 Å². The van der Waals surface area contributed by atoms with Crippen LogP contribution in [0.15, 0.2) is 35.1 Å². The summed E-state index contributed by atoms with van der Waals surface area (Å²) in [6.45, 7) is 0. The van der Waals surface area contributed by atoms with E-state index in [-0.39, 0.29) is 6.01 Å². The van der Waals surface area contributed by atoms with E-state index >= 15 is 0 Å². The van der Waals surface area contributed by atoms with Crippen LogP contribution in [0.25, 0.3) is 0 Å². The van der Waals surface area contributed by atoms with Crippen molar-refractivity contribution in [1.82, 2.24) is 9.97 Å². The molecule has 0 atom stereocenters. The van der Waals surface area contributed by atoms with Crippen molar-refractivity contribution in [1.29, 1.82) is 0 Å². The van der Waals surface area contributed by atoms with Gasteiger partial charge in [0.05, 0.1) is 17.4 Å². The average molecular weight is 304 g/mol. The molecule has 0 N–H and O–H groups in total. The molecule has 0 radical (unpaired) electrons. The highest BCUT2D eigenvalue weighted by atomic mass is 79.9. The van der Waals surface area contributed by atoms with Crippen molar-refractivity contribution in [2.24, 2.45) is 0 Å². The van der Waals surface area contributed by atoms with Crippen molar-refractivity contribution >= 4 is 27.5 Å². The monoisotopic (exact) mass is 302 g/mol. The van der Waals surface area contributed by atoms with E-state index in [1.54, 1.807) is 18.2 Å². The number of halogens is 3. The molecule has 2 aromatic rings. The number of aromatic nitrogens is 2. The fourth-order valence-electron chi connectivity index (χ4n) is 1.01. The minimum atomic E-state index is -0.521. The number of ether oxygens (including phenoxy) is 1. The molecule has 2 rings (SSSR count). The molecule has 82 valence electrons. The molecule has 1 aromatic heterocycles. The highest BCUT2D eigenvalue weighted by Crippen LogP contribution is 2.30. The molecule has 3 nitrogen and oxygen atoms in total. The van der Waals surface area contributed by atoms with Gasteiger partial charge in [0.25, 0.3) is 0 Å². The molecule has 1 heterocycles. The van der Waals surface area contributed by atoms with Crippen LogP contribution in [0.4, 0.5) is 4.39 Å². The second kappa shape index (κ2) is 4.76. The lowest BCUT2D eigenvalue weighted by molar-refractivity contribution is 0.436. The first kappa shape index (κ1) is 11.3. The standard InChI is InChI=1S/C10H5BrClFN2O/c11-6-1-2-8(12)9(3-6)16-10-14-4-7(13)5-15-10/h1-5H. The summed E-state index contributed by atoms with van der Waals surface area (Å²) in [5.74, 6) is -0.115. The Morgan fingerprint density at radius 1 is 1.25 bits per heavy atom. The maximum absolute atomic E-state index is 12.6. The van der Waals surface area contributed by atoms with Gasteiger partial charge in [0.1, 0.15) is 0 Å². The fraction of sp³-hybridized carbons (Fsp3) is 0. The van der Waals surface area contributed by atoms with Crippen LogP contribution in [-0.2, 0) is 0 Å². The van der Waals surface area contributed by atoms with Crippen LogP contribution < -0.4 is 4.74 Å². The summed E-state index contributed by atoms with van der Waals surface area (Å²) in [5, 5.41) is 0.427. The molecule has 0 unspecified atom stereocenters. The first-order chi connectivity index (χ1) is 7.65. The van der Waals surface area contributed by atoms with E-state index in [0.29, 0.717) is 10.8 Å². The Morgan fingerprint density at radius 2 is 1.94 bits per heavy atom. The van der Waals surface area contributed by atoms with Crippen LogP contribution in [-0.4, -0.2) is 9.97 Å². The van der Waals surface area contributed by atoms with Crippen molar-refractivity contribution in [2.75, 3.05) is 0 Å². The summed E-state index contributed by atoms with van der Waals surface area (Å²) in [6.07, 6.45) is 2.04. The highest BCUT2D eigenvalue weighted by Gasteiger charge is 2.05. The zero-order valence-electron chi connectivity index (χ0n) is 7.82. The van der Waals surface area contributed by atoms with Crippen molar-refractivity contribution in [3.05, 3.63) is 45.9 Å². The van der Waals surface area contributed by atoms with E-state index < -0.39 is 5.82 Å². The third-order valence-corrected chi connectivity index (χ3v) is 2.50. The molecule has 0 aliphatic carbocycles. The second-order valence-electron chi connectivity index (χ2n) is 2.86. The van der Waals surface area contributed by atoms with Crippen LogP contribution in [0, 0.1) is 5.82 Å². The summed E-state index contributed by atoms with van der Waals surface area (Å²) < 4.78 is 18.7. The van der Waals surface area contributed by atoms with E-state index in [2.05, 4.69) is 25.9 Å². The summed E-state index contributed by atoms with van der Waals surface area (Å²) >= 11 is 9.18. The largest absolute Gasteiger partial charge is 0.423 e. The zero-order chi connectivity index (χ0) is 11.5. The SMILES string of the molecule is Fc1cnc(Oc2cc(Br)ccc2Cl)nc1. The predicted molar refractivity (Wildman–Crippen MR) is 61.2 cm³/mol. The Morgan fingerprint density at radius 3 is 2.62 bits per heavy atom. The number of hydrogen-bond donors (Lipinski definition) is 0. The molecule has 0 amide bonds. The first-order valence-electron chi connectivity index (χ1n) is 4.25. The van der Waals surface area contributed by atoms with Gasteiger partial charge in [-0.1, -0.05) is 27.5 Å². The summed E-state index contributed by atoms with van der Waals surface area (Å²) in [4.78, 5) is 7.32. The van der Waals surface area contributed by atoms with Gasteiger partial charge in [-0.15, -0.1) is 0 Å². The smallest absolute Gasteiger partial charge is 0.322 e. The van der Waals surface area contributed by atoms with Gasteiger partial charge in [0.15, 0.2) is 11.6 Å². The summed E-state index contributed by atoms with van der Waals surface area (Å²) in [6, 6.07) is 5.17. The van der Waals surface area contributed by atoms with Gasteiger partial charge in [-0.05, 0) is 18.2 Å². The molecular weight excluding hydrogens is 298 g/mol. The Labute approximate surface area is 104 Å². The summed E-state index contributed by atoms with van der Waals surface area (Å²) in [7, 11) is 0. The van der Waals surface area contributed by atoms with E-state index in [0.717, 1.165) is 16.9 Å². The number of nitrogens with zero attached hydrogens (tertiary/aromatic N) is 2. The van der Waals surface area contributed by atoms with E-state index in [1.807, 2.05) is 0 Å². The quantitative estimate of drug-likeness (QED) is 0.846. The normalized spacial score (nSPS) is 10.2. The average Bonchev–Trinajstić information content (AvgIpc) is 2.27. The molecule has 0 fully saturated rings. The molecule has 0 aliphatic rings. The number of rotatable bonds is 2. The third kappa shape index (κ3) is 2.68. The molecule has 1 aromatic carbocycles. The number of hydrogen-bond acceptors (Lipinski definition) is 3. The van der Waals surface area contributed by atoms with Gasteiger partial charge >= 0.3 is 6.01 Å². The lowest BCUT2D eigenvalue weighted by Crippen LogP contribution is -1.92.